The van der Waals surface area contributed by atoms with Gasteiger partial charge in [0.25, 0.3) is 7.82 Å². The number of phosphoric acid groups is 1. The quantitative estimate of drug-likeness (QED) is 0.0195. The average molecular weight is 1040 g/mol. The second kappa shape index (κ2) is 53.2. The number of esters is 2. The molecule has 74 heavy (non-hydrogen) atoms. The number of nitrogens with zero attached hydrogens (tertiary/aromatic N) is 1. The van der Waals surface area contributed by atoms with E-state index in [9.17, 15) is 19.0 Å². The molecule has 0 aliphatic rings. The number of ether oxygens (including phenoxy) is 2. The number of likely N-dealkylation sites (N-methyl/N-ethyl adjacent to an activating group) is 1. The lowest BCUT2D eigenvalue weighted by Gasteiger charge is -2.28. The molecule has 0 aromatic carbocycles. The molecule has 0 aromatic heterocycles. The number of rotatable bonds is 48. The van der Waals surface area contributed by atoms with Crippen LogP contribution in [0.3, 0.4) is 0 Å². The summed E-state index contributed by atoms with van der Waals surface area (Å²) in [6.45, 7) is 3.89. The van der Waals surface area contributed by atoms with Gasteiger partial charge in [-0.05, 0) is 128 Å². The predicted molar refractivity (Wildman–Crippen MR) is 313 cm³/mol. The fraction of sp³-hybridized carbons (Fsp3) is 0.531. The average Bonchev–Trinajstić information content (AvgIpc) is 3.36. The third-order valence-corrected chi connectivity index (χ3v) is 11.7. The molecule has 0 aliphatic heterocycles. The SMILES string of the molecule is CC/C=C\C/C=C\C/C=C\C/C=C\C/C=C\C/C=C\C/C=C\C/C=C\CCCCCCC(=O)OC(COC(=O)CCCC/C=C\C/C=C\C/C=C\C/C=C\C/C=C\C/C=C\CC)COP(=O)([O-])OCC[N+](C)(C)C. The number of carbonyl (C=O) groups excluding carboxylic acids is 2. The molecule has 0 amide bonds. The van der Waals surface area contributed by atoms with Crippen molar-refractivity contribution in [3.8, 4) is 0 Å². The van der Waals surface area contributed by atoms with Crippen LogP contribution in [0.2, 0.25) is 0 Å². The van der Waals surface area contributed by atoms with Gasteiger partial charge in [0.15, 0.2) is 6.10 Å². The summed E-state index contributed by atoms with van der Waals surface area (Å²) in [6, 6.07) is 0. The van der Waals surface area contributed by atoms with E-state index in [0.29, 0.717) is 23.9 Å². The molecule has 414 valence electrons. The van der Waals surface area contributed by atoms with Gasteiger partial charge in [0.1, 0.15) is 19.8 Å². The maximum absolute atomic E-state index is 12.8. The smallest absolute Gasteiger partial charge is 0.306 e. The first-order chi connectivity index (χ1) is 36.0. The summed E-state index contributed by atoms with van der Waals surface area (Å²) in [4.78, 5) is 37.8. The zero-order valence-electron chi connectivity index (χ0n) is 46.7. The second-order valence-corrected chi connectivity index (χ2v) is 20.2. The summed E-state index contributed by atoms with van der Waals surface area (Å²) >= 11 is 0. The molecule has 0 aliphatic carbocycles. The summed E-state index contributed by atoms with van der Waals surface area (Å²) in [6.07, 6.45) is 81.1. The van der Waals surface area contributed by atoms with Crippen molar-refractivity contribution in [3.05, 3.63) is 170 Å². The number of phosphoric ester groups is 1. The van der Waals surface area contributed by atoms with E-state index in [1.165, 1.54) is 0 Å². The second-order valence-electron chi connectivity index (χ2n) is 18.8. The van der Waals surface area contributed by atoms with E-state index in [0.717, 1.165) is 128 Å². The third-order valence-electron chi connectivity index (χ3n) is 10.7. The highest BCUT2D eigenvalue weighted by Crippen LogP contribution is 2.38. The van der Waals surface area contributed by atoms with Crippen molar-refractivity contribution in [2.45, 2.75) is 174 Å². The van der Waals surface area contributed by atoms with Crippen molar-refractivity contribution >= 4 is 19.8 Å². The van der Waals surface area contributed by atoms with Crippen LogP contribution in [-0.4, -0.2) is 70.0 Å². The number of carbonyl (C=O) groups is 2. The maximum Gasteiger partial charge on any atom is 0.306 e. The van der Waals surface area contributed by atoms with Crippen molar-refractivity contribution in [3.63, 3.8) is 0 Å². The predicted octanol–water partition coefficient (Wildman–Crippen LogP) is 16.8. The molecule has 0 aromatic rings. The van der Waals surface area contributed by atoms with Gasteiger partial charge in [-0.1, -0.05) is 197 Å². The highest BCUT2D eigenvalue weighted by atomic mass is 31.2. The summed E-state index contributed by atoms with van der Waals surface area (Å²) in [7, 11) is 1.09. The lowest BCUT2D eigenvalue weighted by molar-refractivity contribution is -0.870. The molecule has 0 rings (SSSR count). The van der Waals surface area contributed by atoms with Gasteiger partial charge in [-0.15, -0.1) is 0 Å². The van der Waals surface area contributed by atoms with Gasteiger partial charge >= 0.3 is 11.9 Å². The van der Waals surface area contributed by atoms with Crippen LogP contribution < -0.4 is 4.89 Å². The summed E-state index contributed by atoms with van der Waals surface area (Å²) in [5, 5.41) is 0. The van der Waals surface area contributed by atoms with Crippen LogP contribution in [0.1, 0.15) is 168 Å². The van der Waals surface area contributed by atoms with E-state index in [4.69, 9.17) is 18.5 Å². The van der Waals surface area contributed by atoms with Crippen molar-refractivity contribution in [1.29, 1.82) is 0 Å². The van der Waals surface area contributed by atoms with Crippen LogP contribution in [0.15, 0.2) is 170 Å². The first kappa shape index (κ1) is 69.4. The first-order valence-electron chi connectivity index (χ1n) is 27.8. The monoisotopic (exact) mass is 1040 g/mol. The standard InChI is InChI=1S/C64H100NO8P/c1-6-8-10-12-14-16-18-20-22-24-26-28-29-30-31-32-33-34-35-37-39-41-43-45-47-49-51-53-55-57-64(67)73-62(61-72-74(68,69)71-59-58-65(3,4)5)60-70-63(66)56-54-52-50-48-46-44-42-40-38-36-27-25-23-21-19-17-15-13-11-9-7-2/h8-11,14-17,20-23,26-28,30-31,33-34,36-37,39-40,42-43,45-46,48,62H,6-7,12-13,18-19,24-25,29,32,35,38,41,44,47,49-61H2,1-5H3/b10-8-,11-9-,16-14-,17-15-,22-20-,23-21-,28-26-,31-30-,34-33-,36-27-,39-37-,42-40-,45-43-,48-46-. The Morgan fingerprint density at radius 1 is 0.419 bits per heavy atom. The van der Waals surface area contributed by atoms with E-state index in [2.05, 4.69) is 184 Å². The van der Waals surface area contributed by atoms with Crippen LogP contribution in [0.4, 0.5) is 0 Å². The minimum atomic E-state index is -4.67. The van der Waals surface area contributed by atoms with Gasteiger partial charge in [0, 0.05) is 12.8 Å². The highest BCUT2D eigenvalue weighted by Gasteiger charge is 2.21. The molecule has 0 bridgehead atoms. The Morgan fingerprint density at radius 2 is 0.730 bits per heavy atom. The van der Waals surface area contributed by atoms with Gasteiger partial charge in [-0.2, -0.15) is 0 Å². The van der Waals surface area contributed by atoms with Gasteiger partial charge in [0.05, 0.1) is 27.7 Å². The molecular formula is C64H100NO8P. The highest BCUT2D eigenvalue weighted by molar-refractivity contribution is 7.45. The largest absolute Gasteiger partial charge is 0.756 e. The Morgan fingerprint density at radius 3 is 1.09 bits per heavy atom. The molecule has 0 saturated carbocycles. The Bertz CT molecular complexity index is 1850. The molecule has 0 heterocycles. The molecule has 10 heteroatoms. The Kier molecular flexibility index (Phi) is 49.9. The Hall–Kier alpha value is -4.63. The molecule has 0 fully saturated rings. The number of quaternary nitrogens is 1. The van der Waals surface area contributed by atoms with Crippen molar-refractivity contribution < 1.29 is 42.1 Å². The fourth-order valence-corrected chi connectivity index (χ4v) is 7.22. The molecule has 9 nitrogen and oxygen atoms in total. The summed E-state index contributed by atoms with van der Waals surface area (Å²) in [5.41, 5.74) is 0. The topological polar surface area (TPSA) is 111 Å². The van der Waals surface area contributed by atoms with E-state index >= 15 is 0 Å². The van der Waals surface area contributed by atoms with E-state index in [1.807, 2.05) is 21.1 Å². The molecule has 2 atom stereocenters. The van der Waals surface area contributed by atoms with Gasteiger partial charge in [-0.25, -0.2) is 0 Å². The lowest BCUT2D eigenvalue weighted by atomic mass is 10.1. The number of unbranched alkanes of at least 4 members (excludes halogenated alkanes) is 6. The van der Waals surface area contributed by atoms with E-state index in [-0.39, 0.29) is 26.1 Å². The Labute approximate surface area is 451 Å². The molecular weight excluding hydrogens is 942 g/mol. The molecule has 0 N–H and O–H groups in total. The number of hydrogen-bond donors (Lipinski definition) is 0. The molecule has 2 unspecified atom stereocenters. The van der Waals surface area contributed by atoms with Crippen LogP contribution in [0.5, 0.6) is 0 Å². The van der Waals surface area contributed by atoms with Crippen molar-refractivity contribution in [2.24, 2.45) is 0 Å². The normalized spacial score (nSPS) is 14.6. The van der Waals surface area contributed by atoms with E-state index in [1.54, 1.807) is 0 Å². The fourth-order valence-electron chi connectivity index (χ4n) is 6.50. The summed E-state index contributed by atoms with van der Waals surface area (Å²) in [5.74, 6) is -0.933. The number of hydrogen-bond acceptors (Lipinski definition) is 8. The Balaban J connectivity index is 4.39. The third kappa shape index (κ3) is 56.7. The lowest BCUT2D eigenvalue weighted by Crippen LogP contribution is -2.37. The zero-order valence-corrected chi connectivity index (χ0v) is 47.6. The van der Waals surface area contributed by atoms with Crippen LogP contribution in [0.25, 0.3) is 0 Å². The minimum Gasteiger partial charge on any atom is -0.756 e. The molecule has 0 spiro atoms. The molecule has 0 saturated heterocycles. The summed E-state index contributed by atoms with van der Waals surface area (Å²) < 4.78 is 34.0. The maximum atomic E-state index is 12.8. The van der Waals surface area contributed by atoms with Gasteiger partial charge in [-0.3, -0.25) is 14.2 Å². The molecule has 0 radical (unpaired) electrons. The minimum absolute atomic E-state index is 0.0547. The van der Waals surface area contributed by atoms with E-state index < -0.39 is 32.5 Å². The van der Waals surface area contributed by atoms with Gasteiger partial charge < -0.3 is 27.9 Å². The van der Waals surface area contributed by atoms with Crippen LogP contribution >= 0.6 is 7.82 Å². The number of allylic oxidation sites excluding steroid dienone is 28. The van der Waals surface area contributed by atoms with Crippen molar-refractivity contribution in [2.75, 3.05) is 47.5 Å². The first-order valence-corrected chi connectivity index (χ1v) is 29.3. The zero-order chi connectivity index (χ0) is 54.2. The van der Waals surface area contributed by atoms with Crippen LogP contribution in [-0.2, 0) is 32.7 Å². The van der Waals surface area contributed by atoms with Gasteiger partial charge in [0.2, 0.25) is 0 Å². The van der Waals surface area contributed by atoms with Crippen molar-refractivity contribution in [1.82, 2.24) is 0 Å². The van der Waals surface area contributed by atoms with Crippen LogP contribution in [0, 0.1) is 0 Å².